The number of carbonyl (C=O) groups excluding carboxylic acids is 1. The second-order valence-corrected chi connectivity index (χ2v) is 8.63. The fourth-order valence-electron chi connectivity index (χ4n) is 3.34. The maximum atomic E-state index is 13.3. The van der Waals surface area contributed by atoms with Gasteiger partial charge in [0.25, 0.3) is 5.69 Å². The van der Waals surface area contributed by atoms with Gasteiger partial charge in [0.15, 0.2) is 0 Å². The number of amides is 1. The summed E-state index contributed by atoms with van der Waals surface area (Å²) >= 11 is 1.23. The molecule has 0 saturated carbocycles. The second kappa shape index (κ2) is 9.84. The Bertz CT molecular complexity index is 1380. The highest BCUT2D eigenvalue weighted by Crippen LogP contribution is 2.34. The van der Waals surface area contributed by atoms with E-state index in [1.54, 1.807) is 19.1 Å². The third-order valence-corrected chi connectivity index (χ3v) is 6.17. The van der Waals surface area contributed by atoms with E-state index in [9.17, 15) is 19.3 Å². The van der Waals surface area contributed by atoms with Crippen molar-refractivity contribution < 1.29 is 18.8 Å². The zero-order valence-electron chi connectivity index (χ0n) is 18.2. The molecule has 1 atom stereocenters. The first kappa shape index (κ1) is 23.1. The van der Waals surface area contributed by atoms with E-state index >= 15 is 0 Å². The molecule has 0 fully saturated rings. The quantitative estimate of drug-likeness (QED) is 0.213. The Kier molecular flexibility index (Phi) is 6.69. The number of nitrogens with zero attached hydrogens (tertiary/aromatic N) is 3. The summed E-state index contributed by atoms with van der Waals surface area (Å²) in [7, 11) is 1.37. The SMILES string of the molecule is COc1cc([N+](=O)[O-])ccc1NC(=O)C(C)Sc1nnc(-c2ccc(F)cc2)c2ccccc12. The van der Waals surface area contributed by atoms with E-state index in [1.807, 2.05) is 24.3 Å². The zero-order chi connectivity index (χ0) is 24.2. The predicted molar refractivity (Wildman–Crippen MR) is 129 cm³/mol. The fraction of sp³-hybridized carbons (Fsp3) is 0.125. The molecule has 0 bridgehead atoms. The second-order valence-electron chi connectivity index (χ2n) is 7.30. The molecule has 34 heavy (non-hydrogen) atoms. The van der Waals surface area contributed by atoms with Crippen LogP contribution in [0.5, 0.6) is 5.75 Å². The first-order valence-corrected chi connectivity index (χ1v) is 11.1. The van der Waals surface area contributed by atoms with Crippen molar-refractivity contribution in [2.45, 2.75) is 17.2 Å². The van der Waals surface area contributed by atoms with E-state index in [-0.39, 0.29) is 23.2 Å². The highest BCUT2D eigenvalue weighted by Gasteiger charge is 2.21. The summed E-state index contributed by atoms with van der Waals surface area (Å²) in [6, 6.07) is 17.5. The van der Waals surface area contributed by atoms with Gasteiger partial charge in [0, 0.05) is 22.4 Å². The molecule has 1 unspecified atom stereocenters. The van der Waals surface area contributed by atoms with Crippen LogP contribution in [-0.2, 0) is 4.79 Å². The van der Waals surface area contributed by atoms with Crippen LogP contribution in [0.25, 0.3) is 22.0 Å². The Morgan fingerprint density at radius 3 is 2.47 bits per heavy atom. The predicted octanol–water partition coefficient (Wildman–Crippen LogP) is 5.47. The minimum Gasteiger partial charge on any atom is -0.494 e. The maximum absolute atomic E-state index is 13.3. The number of nitro benzene ring substituents is 1. The Labute approximate surface area is 198 Å². The number of rotatable bonds is 7. The molecule has 4 aromatic rings. The van der Waals surface area contributed by atoms with Gasteiger partial charge in [-0.25, -0.2) is 4.39 Å². The van der Waals surface area contributed by atoms with Gasteiger partial charge in [-0.15, -0.1) is 10.2 Å². The van der Waals surface area contributed by atoms with Gasteiger partial charge >= 0.3 is 0 Å². The molecule has 8 nitrogen and oxygen atoms in total. The van der Waals surface area contributed by atoms with Gasteiger partial charge in [-0.05, 0) is 37.3 Å². The number of hydrogen-bond acceptors (Lipinski definition) is 7. The molecule has 3 aromatic carbocycles. The van der Waals surface area contributed by atoms with Gasteiger partial charge in [0.05, 0.1) is 29.0 Å². The summed E-state index contributed by atoms with van der Waals surface area (Å²) in [5, 5.41) is 24.1. The molecular formula is C24H19FN4O4S. The van der Waals surface area contributed by atoms with E-state index in [0.717, 1.165) is 16.3 Å². The first-order valence-electron chi connectivity index (χ1n) is 10.2. The zero-order valence-corrected chi connectivity index (χ0v) is 19.0. The average Bonchev–Trinajstić information content (AvgIpc) is 2.85. The van der Waals surface area contributed by atoms with Crippen LogP contribution in [0, 0.1) is 15.9 Å². The number of nitro groups is 1. The summed E-state index contributed by atoms with van der Waals surface area (Å²) in [6.07, 6.45) is 0. The normalized spacial score (nSPS) is 11.7. The lowest BCUT2D eigenvalue weighted by molar-refractivity contribution is -0.384. The van der Waals surface area contributed by atoms with Crippen LogP contribution in [0.1, 0.15) is 6.92 Å². The van der Waals surface area contributed by atoms with Crippen molar-refractivity contribution >= 4 is 39.8 Å². The number of fused-ring (bicyclic) bond motifs is 1. The van der Waals surface area contributed by atoms with Gasteiger partial charge in [0.2, 0.25) is 5.91 Å². The van der Waals surface area contributed by atoms with Crippen molar-refractivity contribution in [1.82, 2.24) is 10.2 Å². The number of halogens is 1. The molecule has 1 amide bonds. The van der Waals surface area contributed by atoms with Crippen molar-refractivity contribution in [2.24, 2.45) is 0 Å². The lowest BCUT2D eigenvalue weighted by atomic mass is 10.1. The molecule has 4 rings (SSSR count). The maximum Gasteiger partial charge on any atom is 0.273 e. The molecule has 172 valence electrons. The molecule has 0 aliphatic carbocycles. The number of benzene rings is 3. The van der Waals surface area contributed by atoms with Gasteiger partial charge in [0.1, 0.15) is 22.3 Å². The standard InChI is InChI=1S/C24H19FN4O4S/c1-14(23(30)26-20-12-11-17(29(31)32)13-21(20)33-2)34-24-19-6-4-3-5-18(19)22(27-28-24)15-7-9-16(25)10-8-15/h3-14H,1-2H3,(H,26,30). The monoisotopic (exact) mass is 478 g/mol. The smallest absolute Gasteiger partial charge is 0.273 e. The Morgan fingerprint density at radius 1 is 1.09 bits per heavy atom. The number of thioether (sulfide) groups is 1. The van der Waals surface area contributed by atoms with Crippen LogP contribution in [0.4, 0.5) is 15.8 Å². The molecule has 0 aliphatic rings. The molecule has 0 radical (unpaired) electrons. The first-order chi connectivity index (χ1) is 16.4. The van der Waals surface area contributed by atoms with Gasteiger partial charge in [-0.1, -0.05) is 36.0 Å². The molecule has 1 aromatic heterocycles. The van der Waals surface area contributed by atoms with Gasteiger partial charge in [-0.3, -0.25) is 14.9 Å². The molecule has 10 heteroatoms. The number of anilines is 1. The fourth-order valence-corrected chi connectivity index (χ4v) is 4.23. The molecule has 0 saturated heterocycles. The van der Waals surface area contributed by atoms with Crippen LogP contribution in [-0.4, -0.2) is 33.4 Å². The van der Waals surface area contributed by atoms with Crippen LogP contribution < -0.4 is 10.1 Å². The summed E-state index contributed by atoms with van der Waals surface area (Å²) < 4.78 is 18.5. The lowest BCUT2D eigenvalue weighted by Gasteiger charge is -2.15. The van der Waals surface area contributed by atoms with Crippen LogP contribution in [0.3, 0.4) is 0 Å². The number of non-ortho nitro benzene ring substituents is 1. The number of hydrogen-bond donors (Lipinski definition) is 1. The molecule has 0 aliphatic heterocycles. The van der Waals surface area contributed by atoms with Gasteiger partial charge < -0.3 is 10.1 Å². The largest absolute Gasteiger partial charge is 0.494 e. The van der Waals surface area contributed by atoms with Crippen LogP contribution >= 0.6 is 11.8 Å². The highest BCUT2D eigenvalue weighted by atomic mass is 32.2. The highest BCUT2D eigenvalue weighted by molar-refractivity contribution is 8.00. The molecule has 0 spiro atoms. The lowest BCUT2D eigenvalue weighted by Crippen LogP contribution is -2.23. The van der Waals surface area contributed by atoms with E-state index in [4.69, 9.17) is 4.74 Å². The third kappa shape index (κ3) is 4.81. The van der Waals surface area contributed by atoms with Crippen molar-refractivity contribution in [3.05, 3.63) is 82.7 Å². The number of carbonyl (C=O) groups is 1. The number of nitrogens with one attached hydrogen (secondary N) is 1. The van der Waals surface area contributed by atoms with Crippen molar-refractivity contribution in [3.8, 4) is 17.0 Å². The minimum absolute atomic E-state index is 0.139. The minimum atomic E-state index is -0.561. The van der Waals surface area contributed by atoms with Crippen molar-refractivity contribution in [2.75, 3.05) is 12.4 Å². The van der Waals surface area contributed by atoms with E-state index in [1.165, 1.54) is 49.2 Å². The summed E-state index contributed by atoms with van der Waals surface area (Å²) in [5.41, 5.74) is 1.54. The summed E-state index contributed by atoms with van der Waals surface area (Å²) in [4.78, 5) is 23.3. The Morgan fingerprint density at radius 2 is 1.79 bits per heavy atom. The van der Waals surface area contributed by atoms with E-state index < -0.39 is 10.2 Å². The Hall–Kier alpha value is -4.05. The van der Waals surface area contributed by atoms with Crippen molar-refractivity contribution in [3.63, 3.8) is 0 Å². The third-order valence-electron chi connectivity index (χ3n) is 5.08. The summed E-state index contributed by atoms with van der Waals surface area (Å²) in [5.74, 6) is -0.475. The van der Waals surface area contributed by atoms with E-state index in [2.05, 4.69) is 15.5 Å². The van der Waals surface area contributed by atoms with Crippen molar-refractivity contribution in [1.29, 1.82) is 0 Å². The van der Waals surface area contributed by atoms with Crippen LogP contribution in [0.2, 0.25) is 0 Å². The van der Waals surface area contributed by atoms with E-state index in [0.29, 0.717) is 16.4 Å². The number of aromatic nitrogens is 2. The summed E-state index contributed by atoms with van der Waals surface area (Å²) in [6.45, 7) is 1.72. The number of ether oxygens (including phenoxy) is 1. The Balaban J connectivity index is 1.58. The molecule has 1 heterocycles. The topological polar surface area (TPSA) is 107 Å². The molecular weight excluding hydrogens is 459 g/mol. The van der Waals surface area contributed by atoms with Crippen LogP contribution in [0.15, 0.2) is 71.8 Å². The number of methoxy groups -OCH3 is 1. The van der Waals surface area contributed by atoms with Gasteiger partial charge in [-0.2, -0.15) is 0 Å². The average molecular weight is 479 g/mol. The molecule has 1 N–H and O–H groups in total.